The monoisotopic (exact) mass is 267 g/mol. The smallest absolute Gasteiger partial charge is 0.123 e. The molecule has 1 saturated heterocycles. The van der Waals surface area contributed by atoms with Gasteiger partial charge in [-0.15, -0.1) is 0 Å². The fourth-order valence-electron chi connectivity index (χ4n) is 2.75. The van der Waals surface area contributed by atoms with Crippen molar-refractivity contribution >= 4 is 0 Å². The third kappa shape index (κ3) is 2.73. The van der Waals surface area contributed by atoms with Crippen LogP contribution in [0.25, 0.3) is 0 Å². The van der Waals surface area contributed by atoms with Crippen LogP contribution in [0.15, 0.2) is 18.2 Å². The molecule has 4 nitrogen and oxygen atoms in total. The minimum atomic E-state index is -0.220. The Balaban J connectivity index is 1.63. The topological polar surface area (TPSA) is 41.9 Å². The number of aliphatic hydroxyl groups excluding tert-OH is 1. The van der Waals surface area contributed by atoms with E-state index in [4.69, 9.17) is 9.47 Å². The third-order valence-electron chi connectivity index (χ3n) is 3.76. The first-order chi connectivity index (χ1) is 9.26. The van der Waals surface area contributed by atoms with Crippen LogP contribution in [-0.2, 0) is 11.2 Å². The molecule has 104 valence electrons. The number of fused-ring (bicyclic) bond motifs is 1. The standard InChI is InChI=1S/C14H18FNO3/c15-11-1-2-14-10(5-11)6-13(19-14)7-16-3-4-18-9-12(16)8-17/h1-2,5,12-13,17H,3-4,6-9H2. The first-order valence-corrected chi connectivity index (χ1v) is 6.64. The van der Waals surface area contributed by atoms with Gasteiger partial charge in [-0.25, -0.2) is 4.39 Å². The molecule has 1 aromatic rings. The van der Waals surface area contributed by atoms with Crippen molar-refractivity contribution in [1.29, 1.82) is 0 Å². The Morgan fingerprint density at radius 3 is 3.16 bits per heavy atom. The zero-order valence-electron chi connectivity index (χ0n) is 10.7. The maximum atomic E-state index is 13.1. The average molecular weight is 267 g/mol. The zero-order chi connectivity index (χ0) is 13.2. The summed E-state index contributed by atoms with van der Waals surface area (Å²) in [5.74, 6) is 0.558. The summed E-state index contributed by atoms with van der Waals surface area (Å²) >= 11 is 0. The molecule has 3 rings (SSSR count). The lowest BCUT2D eigenvalue weighted by molar-refractivity contribution is -0.0385. The first-order valence-electron chi connectivity index (χ1n) is 6.64. The van der Waals surface area contributed by atoms with Gasteiger partial charge in [0.05, 0.1) is 25.9 Å². The number of rotatable bonds is 3. The second-order valence-corrected chi connectivity index (χ2v) is 5.10. The van der Waals surface area contributed by atoms with E-state index in [1.54, 1.807) is 6.07 Å². The molecule has 0 aromatic heterocycles. The van der Waals surface area contributed by atoms with Crippen LogP contribution in [0.1, 0.15) is 5.56 Å². The molecule has 2 unspecified atom stereocenters. The molecular formula is C14H18FNO3. The summed E-state index contributed by atoms with van der Waals surface area (Å²) in [5, 5.41) is 9.33. The molecule has 1 N–H and O–H groups in total. The second kappa shape index (κ2) is 5.45. The summed E-state index contributed by atoms with van der Waals surface area (Å²) in [7, 11) is 0. The van der Waals surface area contributed by atoms with Crippen LogP contribution >= 0.6 is 0 Å². The van der Waals surface area contributed by atoms with Crippen LogP contribution < -0.4 is 4.74 Å². The van der Waals surface area contributed by atoms with Gasteiger partial charge in [-0.05, 0) is 18.2 Å². The predicted molar refractivity (Wildman–Crippen MR) is 67.8 cm³/mol. The highest BCUT2D eigenvalue weighted by Gasteiger charge is 2.29. The highest BCUT2D eigenvalue weighted by molar-refractivity contribution is 5.37. The largest absolute Gasteiger partial charge is 0.488 e. The number of nitrogens with zero attached hydrogens (tertiary/aromatic N) is 1. The quantitative estimate of drug-likeness (QED) is 0.880. The Kier molecular flexibility index (Phi) is 3.68. The van der Waals surface area contributed by atoms with E-state index in [-0.39, 0.29) is 24.6 Å². The summed E-state index contributed by atoms with van der Waals surface area (Å²) in [4.78, 5) is 2.19. The second-order valence-electron chi connectivity index (χ2n) is 5.10. The third-order valence-corrected chi connectivity index (χ3v) is 3.76. The SMILES string of the molecule is OCC1COCCN1CC1Cc2cc(F)ccc2O1. The van der Waals surface area contributed by atoms with E-state index in [1.165, 1.54) is 12.1 Å². The van der Waals surface area contributed by atoms with Crippen molar-refractivity contribution in [3.05, 3.63) is 29.6 Å². The van der Waals surface area contributed by atoms with Crippen molar-refractivity contribution in [2.24, 2.45) is 0 Å². The summed E-state index contributed by atoms with van der Waals surface area (Å²) in [6.07, 6.45) is 0.756. The number of halogens is 1. The van der Waals surface area contributed by atoms with Crippen LogP contribution in [0.5, 0.6) is 5.75 Å². The van der Waals surface area contributed by atoms with Gasteiger partial charge in [0.25, 0.3) is 0 Å². The van der Waals surface area contributed by atoms with Crippen molar-refractivity contribution in [1.82, 2.24) is 4.90 Å². The first kappa shape index (κ1) is 12.8. The van der Waals surface area contributed by atoms with Crippen molar-refractivity contribution < 1.29 is 19.0 Å². The molecule has 0 bridgehead atoms. The van der Waals surface area contributed by atoms with Crippen LogP contribution in [0.4, 0.5) is 4.39 Å². The molecule has 1 fully saturated rings. The van der Waals surface area contributed by atoms with Gasteiger partial charge >= 0.3 is 0 Å². The van der Waals surface area contributed by atoms with Crippen molar-refractivity contribution in [2.45, 2.75) is 18.6 Å². The molecule has 5 heteroatoms. The minimum Gasteiger partial charge on any atom is -0.488 e. The van der Waals surface area contributed by atoms with Crippen LogP contribution in [0.2, 0.25) is 0 Å². The van der Waals surface area contributed by atoms with Gasteiger partial charge in [-0.3, -0.25) is 4.90 Å². The van der Waals surface area contributed by atoms with Gasteiger partial charge in [0.1, 0.15) is 17.7 Å². The molecule has 0 aliphatic carbocycles. The van der Waals surface area contributed by atoms with Gasteiger partial charge in [0.2, 0.25) is 0 Å². The fraction of sp³-hybridized carbons (Fsp3) is 0.571. The lowest BCUT2D eigenvalue weighted by atomic mass is 10.1. The number of aliphatic hydroxyl groups is 1. The molecule has 1 aromatic carbocycles. The summed E-state index contributed by atoms with van der Waals surface area (Å²) < 4.78 is 24.3. The normalized spacial score (nSPS) is 27.1. The van der Waals surface area contributed by atoms with E-state index < -0.39 is 0 Å². The van der Waals surface area contributed by atoms with E-state index in [0.29, 0.717) is 13.2 Å². The highest BCUT2D eigenvalue weighted by atomic mass is 19.1. The van der Waals surface area contributed by atoms with Crippen molar-refractivity contribution in [2.75, 3.05) is 32.9 Å². The summed E-state index contributed by atoms with van der Waals surface area (Å²) in [5.41, 5.74) is 0.929. The lowest BCUT2D eigenvalue weighted by Crippen LogP contribution is -2.50. The van der Waals surface area contributed by atoms with Crippen molar-refractivity contribution in [3.8, 4) is 5.75 Å². The summed E-state index contributed by atoms with van der Waals surface area (Å²) in [6.45, 7) is 2.88. The highest BCUT2D eigenvalue weighted by Crippen LogP contribution is 2.29. The number of benzene rings is 1. The zero-order valence-corrected chi connectivity index (χ0v) is 10.7. The Morgan fingerprint density at radius 2 is 2.32 bits per heavy atom. The molecule has 19 heavy (non-hydrogen) atoms. The van der Waals surface area contributed by atoms with Crippen molar-refractivity contribution in [3.63, 3.8) is 0 Å². The Labute approximate surface area is 111 Å². The molecule has 2 atom stereocenters. The number of hydrogen-bond acceptors (Lipinski definition) is 4. The molecular weight excluding hydrogens is 249 g/mol. The predicted octanol–water partition coefficient (Wildman–Crippen LogP) is 0.822. The molecule has 0 amide bonds. The summed E-state index contributed by atoms with van der Waals surface area (Å²) in [6, 6.07) is 4.69. The number of hydrogen-bond donors (Lipinski definition) is 1. The maximum absolute atomic E-state index is 13.1. The number of ether oxygens (including phenoxy) is 2. The molecule has 2 heterocycles. The van der Waals surface area contributed by atoms with Gasteiger partial charge < -0.3 is 14.6 Å². The molecule has 2 aliphatic heterocycles. The Morgan fingerprint density at radius 1 is 1.42 bits per heavy atom. The van der Waals surface area contributed by atoms with E-state index >= 15 is 0 Å². The van der Waals surface area contributed by atoms with Crippen LogP contribution in [0, 0.1) is 5.82 Å². The van der Waals surface area contributed by atoms with Crippen LogP contribution in [0.3, 0.4) is 0 Å². The molecule has 0 radical (unpaired) electrons. The van der Waals surface area contributed by atoms with E-state index in [0.717, 1.165) is 30.8 Å². The molecule has 0 spiro atoms. The van der Waals surface area contributed by atoms with Gasteiger partial charge in [-0.1, -0.05) is 0 Å². The van der Waals surface area contributed by atoms with Gasteiger partial charge in [0, 0.05) is 25.1 Å². The van der Waals surface area contributed by atoms with Gasteiger partial charge in [-0.2, -0.15) is 0 Å². The average Bonchev–Trinajstić information content (AvgIpc) is 2.80. The Bertz CT molecular complexity index is 454. The van der Waals surface area contributed by atoms with Gasteiger partial charge in [0.15, 0.2) is 0 Å². The fourth-order valence-corrected chi connectivity index (χ4v) is 2.75. The Hall–Kier alpha value is -1.17. The van der Waals surface area contributed by atoms with Crippen LogP contribution in [-0.4, -0.2) is 55.1 Å². The van der Waals surface area contributed by atoms with E-state index in [1.807, 2.05) is 0 Å². The molecule has 2 aliphatic rings. The minimum absolute atomic E-state index is 0.0314. The lowest BCUT2D eigenvalue weighted by Gasteiger charge is -2.35. The number of morpholine rings is 1. The molecule has 0 saturated carbocycles. The van der Waals surface area contributed by atoms with E-state index in [2.05, 4.69) is 4.90 Å². The maximum Gasteiger partial charge on any atom is 0.123 e. The van der Waals surface area contributed by atoms with E-state index in [9.17, 15) is 9.50 Å².